The van der Waals surface area contributed by atoms with Crippen molar-refractivity contribution in [2.24, 2.45) is 5.10 Å². The molecular weight excluding hydrogens is 466 g/mol. The molecule has 0 aromatic heterocycles. The minimum atomic E-state index is -0.255. The van der Waals surface area contributed by atoms with Crippen LogP contribution in [0.2, 0.25) is 0 Å². The van der Waals surface area contributed by atoms with E-state index in [0.29, 0.717) is 11.5 Å². The van der Waals surface area contributed by atoms with Gasteiger partial charge in [0.05, 0.1) is 27.0 Å². The SMILES string of the molecule is COc1ccc(/C=N/NC(=O)CNc2cc(Br)c(C)c(Br)c2)cc1OC. The molecule has 2 rings (SSSR count). The molecule has 2 N–H and O–H groups in total. The van der Waals surface area contributed by atoms with Gasteiger partial charge in [-0.05, 0) is 48.4 Å². The van der Waals surface area contributed by atoms with Crippen LogP contribution in [0.3, 0.4) is 0 Å². The van der Waals surface area contributed by atoms with E-state index in [1.807, 2.05) is 25.1 Å². The van der Waals surface area contributed by atoms with Crippen LogP contribution < -0.4 is 20.2 Å². The number of benzene rings is 2. The summed E-state index contributed by atoms with van der Waals surface area (Å²) < 4.78 is 12.3. The fraction of sp³-hybridized carbons (Fsp3) is 0.222. The lowest BCUT2D eigenvalue weighted by Crippen LogP contribution is -2.25. The third-order valence-electron chi connectivity index (χ3n) is 3.54. The number of hydrogen-bond acceptors (Lipinski definition) is 5. The molecule has 0 atom stereocenters. The summed E-state index contributed by atoms with van der Waals surface area (Å²) in [6.07, 6.45) is 1.54. The van der Waals surface area contributed by atoms with Gasteiger partial charge in [0, 0.05) is 14.6 Å². The molecular formula is C18H19Br2N3O3. The Hall–Kier alpha value is -2.06. The van der Waals surface area contributed by atoms with E-state index in [9.17, 15) is 4.79 Å². The minimum Gasteiger partial charge on any atom is -0.493 e. The number of nitrogens with one attached hydrogen (secondary N) is 2. The van der Waals surface area contributed by atoms with Crippen molar-refractivity contribution in [2.75, 3.05) is 26.1 Å². The van der Waals surface area contributed by atoms with Crippen molar-refractivity contribution in [1.82, 2.24) is 5.43 Å². The number of anilines is 1. The number of hydrazone groups is 1. The summed E-state index contributed by atoms with van der Waals surface area (Å²) in [5, 5.41) is 7.01. The van der Waals surface area contributed by atoms with E-state index in [1.54, 1.807) is 32.6 Å². The second-order valence-electron chi connectivity index (χ2n) is 5.33. The van der Waals surface area contributed by atoms with Crippen LogP contribution in [-0.4, -0.2) is 32.9 Å². The molecule has 0 spiro atoms. The first-order valence-electron chi connectivity index (χ1n) is 7.68. The highest BCUT2D eigenvalue weighted by Crippen LogP contribution is 2.29. The summed E-state index contributed by atoms with van der Waals surface area (Å²) >= 11 is 6.96. The largest absolute Gasteiger partial charge is 0.493 e. The van der Waals surface area contributed by atoms with Crippen LogP contribution in [0.15, 0.2) is 44.4 Å². The van der Waals surface area contributed by atoms with Crippen LogP contribution in [0, 0.1) is 6.92 Å². The summed E-state index contributed by atoms with van der Waals surface area (Å²) in [6.45, 7) is 2.10. The van der Waals surface area contributed by atoms with Crippen LogP contribution in [0.5, 0.6) is 11.5 Å². The van der Waals surface area contributed by atoms with Crippen LogP contribution in [-0.2, 0) is 4.79 Å². The van der Waals surface area contributed by atoms with E-state index in [2.05, 4.69) is 47.7 Å². The zero-order valence-electron chi connectivity index (χ0n) is 14.6. The first-order valence-corrected chi connectivity index (χ1v) is 9.26. The number of nitrogens with zero attached hydrogens (tertiary/aromatic N) is 1. The molecule has 0 fully saturated rings. The molecule has 6 nitrogen and oxygen atoms in total. The van der Waals surface area contributed by atoms with Crippen LogP contribution >= 0.6 is 31.9 Å². The Bertz CT molecular complexity index is 802. The lowest BCUT2D eigenvalue weighted by atomic mass is 10.2. The number of halogens is 2. The average Bonchev–Trinajstić information content (AvgIpc) is 2.64. The van der Waals surface area contributed by atoms with Gasteiger partial charge in [-0.3, -0.25) is 4.79 Å². The smallest absolute Gasteiger partial charge is 0.259 e. The number of rotatable bonds is 7. The molecule has 0 heterocycles. The fourth-order valence-electron chi connectivity index (χ4n) is 2.08. The van der Waals surface area contributed by atoms with Gasteiger partial charge in [-0.15, -0.1) is 0 Å². The monoisotopic (exact) mass is 483 g/mol. The summed E-state index contributed by atoms with van der Waals surface area (Å²) in [5.41, 5.74) is 5.18. The molecule has 0 bridgehead atoms. The van der Waals surface area contributed by atoms with Crippen LogP contribution in [0.4, 0.5) is 5.69 Å². The second kappa shape index (κ2) is 9.59. The van der Waals surface area contributed by atoms with Crippen molar-refractivity contribution in [1.29, 1.82) is 0 Å². The van der Waals surface area contributed by atoms with Gasteiger partial charge in [-0.1, -0.05) is 31.9 Å². The highest BCUT2D eigenvalue weighted by atomic mass is 79.9. The summed E-state index contributed by atoms with van der Waals surface area (Å²) in [6, 6.07) is 9.20. The Morgan fingerprint density at radius 3 is 2.38 bits per heavy atom. The summed E-state index contributed by atoms with van der Waals surface area (Å²) in [5.74, 6) is 0.975. The number of carbonyl (C=O) groups excluding carboxylic acids is 1. The van der Waals surface area contributed by atoms with Gasteiger partial charge >= 0.3 is 0 Å². The van der Waals surface area contributed by atoms with E-state index < -0.39 is 0 Å². The average molecular weight is 485 g/mol. The van der Waals surface area contributed by atoms with E-state index in [0.717, 1.165) is 25.8 Å². The molecule has 26 heavy (non-hydrogen) atoms. The van der Waals surface area contributed by atoms with Crippen molar-refractivity contribution in [3.8, 4) is 11.5 Å². The lowest BCUT2D eigenvalue weighted by molar-refractivity contribution is -0.119. The molecule has 0 aliphatic heterocycles. The summed E-state index contributed by atoms with van der Waals surface area (Å²) in [7, 11) is 3.14. The maximum atomic E-state index is 11.9. The van der Waals surface area contributed by atoms with Crippen molar-refractivity contribution >= 4 is 49.7 Å². The van der Waals surface area contributed by atoms with Gasteiger partial charge in [0.2, 0.25) is 0 Å². The highest BCUT2D eigenvalue weighted by Gasteiger charge is 2.06. The number of hydrogen-bond donors (Lipinski definition) is 2. The predicted molar refractivity (Wildman–Crippen MR) is 110 cm³/mol. The Morgan fingerprint density at radius 2 is 1.77 bits per heavy atom. The van der Waals surface area contributed by atoms with Gasteiger partial charge in [-0.2, -0.15) is 5.10 Å². The van der Waals surface area contributed by atoms with Crippen molar-refractivity contribution in [3.63, 3.8) is 0 Å². The van der Waals surface area contributed by atoms with Gasteiger partial charge < -0.3 is 14.8 Å². The third-order valence-corrected chi connectivity index (χ3v) is 5.19. The topological polar surface area (TPSA) is 72.0 Å². The maximum Gasteiger partial charge on any atom is 0.259 e. The third kappa shape index (κ3) is 5.47. The number of methoxy groups -OCH3 is 2. The van der Waals surface area contributed by atoms with Crippen molar-refractivity contribution in [3.05, 3.63) is 50.4 Å². The molecule has 1 amide bonds. The van der Waals surface area contributed by atoms with Crippen LogP contribution in [0.25, 0.3) is 0 Å². The second-order valence-corrected chi connectivity index (χ2v) is 7.03. The molecule has 138 valence electrons. The van der Waals surface area contributed by atoms with Crippen molar-refractivity contribution in [2.45, 2.75) is 6.92 Å². The molecule has 0 aliphatic carbocycles. The highest BCUT2D eigenvalue weighted by molar-refractivity contribution is 9.11. The Balaban J connectivity index is 1.89. The quantitative estimate of drug-likeness (QED) is 0.458. The molecule has 8 heteroatoms. The Morgan fingerprint density at radius 1 is 1.12 bits per heavy atom. The summed E-state index contributed by atoms with van der Waals surface area (Å²) in [4.78, 5) is 11.9. The molecule has 0 saturated heterocycles. The number of amides is 1. The van der Waals surface area contributed by atoms with E-state index >= 15 is 0 Å². The van der Waals surface area contributed by atoms with Gasteiger partial charge in [-0.25, -0.2) is 5.43 Å². The molecule has 0 unspecified atom stereocenters. The van der Waals surface area contributed by atoms with Crippen LogP contribution in [0.1, 0.15) is 11.1 Å². The molecule has 2 aromatic rings. The van der Waals surface area contributed by atoms with Gasteiger partial charge in [0.15, 0.2) is 11.5 Å². The maximum absolute atomic E-state index is 11.9. The first-order chi connectivity index (χ1) is 12.4. The number of carbonyl (C=O) groups is 1. The standard InChI is InChI=1S/C18H19Br2N3O3/c1-11-14(19)7-13(8-15(11)20)21-10-18(24)23-22-9-12-4-5-16(25-2)17(6-12)26-3/h4-9,21H,10H2,1-3H3,(H,23,24)/b22-9+. The molecule has 2 aromatic carbocycles. The predicted octanol–water partition coefficient (Wildman–Crippen LogP) is 4.10. The Kier molecular flexibility index (Phi) is 7.47. The Labute approximate surface area is 169 Å². The van der Waals surface area contributed by atoms with Gasteiger partial charge in [0.25, 0.3) is 5.91 Å². The van der Waals surface area contributed by atoms with Gasteiger partial charge in [0.1, 0.15) is 0 Å². The minimum absolute atomic E-state index is 0.102. The van der Waals surface area contributed by atoms with E-state index in [-0.39, 0.29) is 12.5 Å². The zero-order chi connectivity index (χ0) is 19.1. The van der Waals surface area contributed by atoms with E-state index in [4.69, 9.17) is 9.47 Å². The lowest BCUT2D eigenvalue weighted by Gasteiger charge is -2.09. The van der Waals surface area contributed by atoms with Crippen molar-refractivity contribution < 1.29 is 14.3 Å². The zero-order valence-corrected chi connectivity index (χ0v) is 17.8. The first kappa shape index (κ1) is 20.3. The number of ether oxygens (including phenoxy) is 2. The normalized spacial score (nSPS) is 10.7. The molecule has 0 saturated carbocycles. The fourth-order valence-corrected chi connectivity index (χ4v) is 3.27. The molecule has 0 aliphatic rings. The molecule has 0 radical (unpaired) electrons. The van der Waals surface area contributed by atoms with E-state index in [1.165, 1.54) is 0 Å².